The smallest absolute Gasteiger partial charge is 0.295 e. The van der Waals surface area contributed by atoms with E-state index in [-0.39, 0.29) is 11.5 Å². The minimum atomic E-state index is -0.704. The summed E-state index contributed by atoms with van der Waals surface area (Å²) in [6.45, 7) is 10.2. The first-order valence-corrected chi connectivity index (χ1v) is 9.63. The number of hydrogen-bond acceptors (Lipinski definition) is 4. The molecule has 2 aromatic heterocycles. The monoisotopic (exact) mass is 381 g/mol. The zero-order valence-electron chi connectivity index (χ0n) is 17.1. The number of hydrogen-bond donors (Lipinski definition) is 1. The SMILES string of the molecule is Cc1nn([C@@H](C)C(=O)NCCC(C)C)c(=O)c2nn(-c3ccccc3)c(C)c12. The van der Waals surface area contributed by atoms with Gasteiger partial charge in [-0.25, -0.2) is 9.36 Å². The molecule has 2 heterocycles. The molecule has 0 fully saturated rings. The van der Waals surface area contributed by atoms with Crippen molar-refractivity contribution in [1.82, 2.24) is 24.9 Å². The van der Waals surface area contributed by atoms with Crippen molar-refractivity contribution in [1.29, 1.82) is 0 Å². The standard InChI is InChI=1S/C21H27N5O2/c1-13(2)11-12-22-20(27)16(5)26-21(28)19-18(14(3)23-26)15(4)25(24-19)17-9-7-6-8-10-17/h6-10,13,16H,11-12H2,1-5H3,(H,22,27)/t16-/m0/s1. The quantitative estimate of drug-likeness (QED) is 0.712. The number of amides is 1. The van der Waals surface area contributed by atoms with E-state index < -0.39 is 6.04 Å². The number of carbonyl (C=O) groups excluding carboxylic acids is 1. The first-order chi connectivity index (χ1) is 13.3. The summed E-state index contributed by atoms with van der Waals surface area (Å²) in [6.07, 6.45) is 0.888. The Kier molecular flexibility index (Phi) is 5.63. The molecular weight excluding hydrogens is 354 g/mol. The summed E-state index contributed by atoms with van der Waals surface area (Å²) in [4.78, 5) is 25.5. The molecule has 7 nitrogen and oxygen atoms in total. The number of nitrogens with one attached hydrogen (secondary N) is 1. The van der Waals surface area contributed by atoms with E-state index in [1.165, 1.54) is 4.68 Å². The molecule has 0 aliphatic carbocycles. The van der Waals surface area contributed by atoms with E-state index in [2.05, 4.69) is 29.4 Å². The lowest BCUT2D eigenvalue weighted by Crippen LogP contribution is -2.38. The van der Waals surface area contributed by atoms with Crippen molar-refractivity contribution in [3.8, 4) is 5.69 Å². The molecular formula is C21H27N5O2. The summed E-state index contributed by atoms with van der Waals surface area (Å²) < 4.78 is 2.99. The van der Waals surface area contributed by atoms with Crippen molar-refractivity contribution in [2.75, 3.05) is 6.54 Å². The number of carbonyl (C=O) groups is 1. The fraction of sp³-hybridized carbons (Fsp3) is 0.429. The van der Waals surface area contributed by atoms with Gasteiger partial charge in [-0.05, 0) is 45.2 Å². The lowest BCUT2D eigenvalue weighted by atomic mass is 10.1. The molecule has 0 spiro atoms. The van der Waals surface area contributed by atoms with Crippen molar-refractivity contribution in [3.05, 3.63) is 52.1 Å². The lowest BCUT2D eigenvalue weighted by Gasteiger charge is -2.15. The van der Waals surface area contributed by atoms with Crippen LogP contribution in [-0.2, 0) is 4.79 Å². The molecule has 28 heavy (non-hydrogen) atoms. The molecule has 0 aliphatic heterocycles. The maximum Gasteiger partial charge on any atom is 0.295 e. The number of benzene rings is 1. The van der Waals surface area contributed by atoms with Crippen molar-refractivity contribution >= 4 is 16.8 Å². The third-order valence-corrected chi connectivity index (χ3v) is 4.91. The average Bonchev–Trinajstić information content (AvgIpc) is 3.02. The summed E-state index contributed by atoms with van der Waals surface area (Å²) >= 11 is 0. The fourth-order valence-corrected chi connectivity index (χ4v) is 3.28. The second-order valence-corrected chi connectivity index (χ2v) is 7.54. The molecule has 7 heteroatoms. The molecule has 3 aromatic rings. The Balaban J connectivity index is 2.01. The second kappa shape index (κ2) is 7.96. The molecule has 1 aromatic carbocycles. The molecule has 0 radical (unpaired) electrons. The summed E-state index contributed by atoms with van der Waals surface area (Å²) in [7, 11) is 0. The number of aromatic nitrogens is 4. The van der Waals surface area contributed by atoms with E-state index in [1.54, 1.807) is 11.6 Å². The predicted molar refractivity (Wildman–Crippen MR) is 110 cm³/mol. The maximum atomic E-state index is 13.1. The Morgan fingerprint density at radius 2 is 1.79 bits per heavy atom. The molecule has 0 bridgehead atoms. The van der Waals surface area contributed by atoms with Crippen LogP contribution < -0.4 is 10.9 Å². The highest BCUT2D eigenvalue weighted by atomic mass is 16.2. The Labute approximate surface area is 164 Å². The van der Waals surface area contributed by atoms with Crippen LogP contribution in [0.25, 0.3) is 16.6 Å². The third kappa shape index (κ3) is 3.69. The summed E-state index contributed by atoms with van der Waals surface area (Å²) in [5.41, 5.74) is 2.38. The predicted octanol–water partition coefficient (Wildman–Crippen LogP) is 2.92. The summed E-state index contributed by atoms with van der Waals surface area (Å²) in [5, 5.41) is 12.6. The van der Waals surface area contributed by atoms with Gasteiger partial charge >= 0.3 is 0 Å². The Hall–Kier alpha value is -2.96. The van der Waals surface area contributed by atoms with Gasteiger partial charge in [-0.15, -0.1) is 0 Å². The molecule has 1 N–H and O–H groups in total. The van der Waals surface area contributed by atoms with Gasteiger partial charge in [0.15, 0.2) is 5.52 Å². The Morgan fingerprint density at radius 3 is 2.43 bits per heavy atom. The molecule has 1 amide bonds. The first-order valence-electron chi connectivity index (χ1n) is 9.63. The van der Waals surface area contributed by atoms with Gasteiger partial charge < -0.3 is 5.32 Å². The fourth-order valence-electron chi connectivity index (χ4n) is 3.28. The van der Waals surface area contributed by atoms with Crippen LogP contribution in [0.15, 0.2) is 35.1 Å². The molecule has 0 unspecified atom stereocenters. The largest absolute Gasteiger partial charge is 0.354 e. The summed E-state index contributed by atoms with van der Waals surface area (Å²) in [6, 6.07) is 8.95. The van der Waals surface area contributed by atoms with Gasteiger partial charge in [-0.2, -0.15) is 10.2 Å². The minimum Gasteiger partial charge on any atom is -0.354 e. The first kappa shape index (κ1) is 19.8. The van der Waals surface area contributed by atoms with Crippen LogP contribution in [0.2, 0.25) is 0 Å². The highest BCUT2D eigenvalue weighted by molar-refractivity contribution is 5.84. The lowest BCUT2D eigenvalue weighted by molar-refractivity contribution is -0.124. The van der Waals surface area contributed by atoms with E-state index in [9.17, 15) is 9.59 Å². The van der Waals surface area contributed by atoms with Crippen LogP contribution in [0.5, 0.6) is 0 Å². The number of nitrogens with zero attached hydrogens (tertiary/aromatic N) is 4. The number of aryl methyl sites for hydroxylation is 2. The van der Waals surface area contributed by atoms with E-state index in [0.29, 0.717) is 23.7 Å². The second-order valence-electron chi connectivity index (χ2n) is 7.54. The highest BCUT2D eigenvalue weighted by Gasteiger charge is 2.23. The van der Waals surface area contributed by atoms with Crippen molar-refractivity contribution < 1.29 is 4.79 Å². The Morgan fingerprint density at radius 1 is 1.11 bits per heavy atom. The van der Waals surface area contributed by atoms with Gasteiger partial charge in [-0.3, -0.25) is 9.59 Å². The molecule has 3 rings (SSSR count). The number of fused-ring (bicyclic) bond motifs is 1. The van der Waals surface area contributed by atoms with Crippen molar-refractivity contribution in [2.24, 2.45) is 5.92 Å². The van der Waals surface area contributed by atoms with Gasteiger partial charge in [0.05, 0.1) is 22.5 Å². The Bertz CT molecular complexity index is 1050. The van der Waals surface area contributed by atoms with Gasteiger partial charge in [-0.1, -0.05) is 32.0 Å². The molecule has 0 saturated carbocycles. The minimum absolute atomic E-state index is 0.215. The molecule has 148 valence electrons. The molecule has 1 atom stereocenters. The molecule has 0 saturated heterocycles. The molecule has 0 aliphatic rings. The van der Waals surface area contributed by atoms with Crippen molar-refractivity contribution in [2.45, 2.75) is 47.1 Å². The van der Waals surface area contributed by atoms with Crippen LogP contribution in [-0.4, -0.2) is 32.0 Å². The van der Waals surface area contributed by atoms with Gasteiger partial charge in [0.1, 0.15) is 6.04 Å². The average molecular weight is 381 g/mol. The maximum absolute atomic E-state index is 13.1. The van der Waals surface area contributed by atoms with Gasteiger partial charge in [0.2, 0.25) is 5.91 Å². The van der Waals surface area contributed by atoms with Crippen LogP contribution in [0, 0.1) is 19.8 Å². The van der Waals surface area contributed by atoms with Crippen LogP contribution >= 0.6 is 0 Å². The number of para-hydroxylation sites is 1. The van der Waals surface area contributed by atoms with Gasteiger partial charge in [0.25, 0.3) is 5.56 Å². The van der Waals surface area contributed by atoms with Crippen LogP contribution in [0.4, 0.5) is 0 Å². The highest BCUT2D eigenvalue weighted by Crippen LogP contribution is 2.21. The van der Waals surface area contributed by atoms with E-state index in [4.69, 9.17) is 0 Å². The normalized spacial score (nSPS) is 12.5. The zero-order valence-corrected chi connectivity index (χ0v) is 17.1. The van der Waals surface area contributed by atoms with Crippen LogP contribution in [0.3, 0.4) is 0 Å². The van der Waals surface area contributed by atoms with E-state index in [1.807, 2.05) is 44.2 Å². The van der Waals surface area contributed by atoms with Crippen molar-refractivity contribution in [3.63, 3.8) is 0 Å². The van der Waals surface area contributed by atoms with E-state index >= 15 is 0 Å². The summed E-state index contributed by atoms with van der Waals surface area (Å²) in [5.74, 6) is 0.285. The van der Waals surface area contributed by atoms with Crippen LogP contribution in [0.1, 0.15) is 44.6 Å². The third-order valence-electron chi connectivity index (χ3n) is 4.91. The number of rotatable bonds is 6. The zero-order chi connectivity index (χ0) is 20.4. The topological polar surface area (TPSA) is 81.8 Å². The van der Waals surface area contributed by atoms with E-state index in [0.717, 1.165) is 23.2 Å². The van der Waals surface area contributed by atoms with Gasteiger partial charge in [0, 0.05) is 6.54 Å².